The van der Waals surface area contributed by atoms with E-state index in [1.54, 1.807) is 13.8 Å². The van der Waals surface area contributed by atoms with Crippen LogP contribution < -0.4 is 5.73 Å². The van der Waals surface area contributed by atoms with Crippen LogP contribution in [0, 0.1) is 0 Å². The Labute approximate surface area is 117 Å². The van der Waals surface area contributed by atoms with E-state index in [0.29, 0.717) is 5.69 Å². The van der Waals surface area contributed by atoms with Crippen LogP contribution in [0.4, 0.5) is 5.69 Å². The summed E-state index contributed by atoms with van der Waals surface area (Å²) in [6, 6.07) is 4.35. The van der Waals surface area contributed by atoms with Crippen molar-refractivity contribution in [3.8, 4) is 0 Å². The molecule has 0 fully saturated rings. The number of carbonyl (C=O) groups is 1. The number of hydrogen-bond donors (Lipinski definition) is 1. The minimum absolute atomic E-state index is 0.179. The maximum atomic E-state index is 11.6. The zero-order valence-corrected chi connectivity index (χ0v) is 12.3. The second-order valence-corrected chi connectivity index (χ2v) is 7.37. The van der Waals surface area contributed by atoms with Crippen molar-refractivity contribution in [2.45, 2.75) is 19.1 Å². The fourth-order valence-corrected chi connectivity index (χ4v) is 2.19. The third-order valence-electron chi connectivity index (χ3n) is 2.56. The Balaban J connectivity index is 2.59. The molecule has 0 heterocycles. The van der Waals surface area contributed by atoms with E-state index in [1.165, 1.54) is 18.2 Å². The van der Waals surface area contributed by atoms with E-state index in [0.717, 1.165) is 0 Å². The molecule has 2 N–H and O–H groups in total. The van der Waals surface area contributed by atoms with Crippen LogP contribution in [-0.4, -0.2) is 32.0 Å². The summed E-state index contributed by atoms with van der Waals surface area (Å²) in [5, 5.41) is -0.235. The first kappa shape index (κ1) is 15.8. The normalized spacial score (nSPS) is 11.6. The van der Waals surface area contributed by atoms with Crippen LogP contribution in [0.1, 0.15) is 24.2 Å². The molecule has 0 radical (unpaired) electrons. The quantitative estimate of drug-likeness (QED) is 0.663. The molecule has 0 aromatic heterocycles. The van der Waals surface area contributed by atoms with Gasteiger partial charge < -0.3 is 10.5 Å². The highest BCUT2D eigenvalue weighted by Gasteiger charge is 2.17. The number of ether oxygens (including phenoxy) is 1. The molecular weight excluding hydrogens is 290 g/mol. The Kier molecular flexibility index (Phi) is 5.20. The Hall–Kier alpha value is -1.27. The first-order valence-corrected chi connectivity index (χ1v) is 7.77. The van der Waals surface area contributed by atoms with Gasteiger partial charge in [0, 0.05) is 0 Å². The molecule has 1 aromatic rings. The average Bonchev–Trinajstić information content (AvgIpc) is 2.32. The molecule has 0 unspecified atom stereocenters. The highest BCUT2D eigenvalue weighted by atomic mass is 35.5. The minimum Gasteiger partial charge on any atom is -0.461 e. The van der Waals surface area contributed by atoms with Crippen molar-refractivity contribution in [1.29, 1.82) is 0 Å². The standard InChI is InChI=1S/C12H16ClNO4S/c1-8(2)19(16,17)6-5-18-12(15)9-3-4-11(14)10(13)7-9/h3-4,7-8H,5-6,14H2,1-2H3. The highest BCUT2D eigenvalue weighted by molar-refractivity contribution is 7.91. The third-order valence-corrected chi connectivity index (χ3v) is 5.05. The van der Waals surface area contributed by atoms with Gasteiger partial charge in [0.1, 0.15) is 6.61 Å². The van der Waals surface area contributed by atoms with Crippen LogP contribution in [0.25, 0.3) is 0 Å². The maximum Gasteiger partial charge on any atom is 0.338 e. The third kappa shape index (κ3) is 4.40. The molecule has 0 spiro atoms. The van der Waals surface area contributed by atoms with Gasteiger partial charge in [-0.3, -0.25) is 0 Å². The topological polar surface area (TPSA) is 86.5 Å². The fourth-order valence-electron chi connectivity index (χ4n) is 1.22. The number of rotatable bonds is 5. The van der Waals surface area contributed by atoms with Gasteiger partial charge >= 0.3 is 5.97 Å². The molecule has 0 saturated carbocycles. The summed E-state index contributed by atoms with van der Waals surface area (Å²) in [6.45, 7) is 2.98. The SMILES string of the molecule is CC(C)S(=O)(=O)CCOC(=O)c1ccc(N)c(Cl)c1. The molecule has 0 aliphatic rings. The molecule has 106 valence electrons. The van der Waals surface area contributed by atoms with E-state index in [9.17, 15) is 13.2 Å². The number of esters is 1. The molecular formula is C12H16ClNO4S. The zero-order valence-electron chi connectivity index (χ0n) is 10.7. The summed E-state index contributed by atoms with van der Waals surface area (Å²) in [5.41, 5.74) is 6.11. The molecule has 0 atom stereocenters. The molecule has 1 rings (SSSR count). The lowest BCUT2D eigenvalue weighted by atomic mass is 10.2. The van der Waals surface area contributed by atoms with E-state index < -0.39 is 21.1 Å². The number of sulfone groups is 1. The molecule has 0 saturated heterocycles. The smallest absolute Gasteiger partial charge is 0.338 e. The predicted molar refractivity (Wildman–Crippen MR) is 75.1 cm³/mol. The van der Waals surface area contributed by atoms with E-state index in [-0.39, 0.29) is 22.9 Å². The molecule has 1 aromatic carbocycles. The number of nitrogen functional groups attached to an aromatic ring is 1. The Morgan fingerprint density at radius 3 is 2.58 bits per heavy atom. The van der Waals surface area contributed by atoms with E-state index in [1.807, 2.05) is 0 Å². The number of benzene rings is 1. The first-order valence-electron chi connectivity index (χ1n) is 5.68. The summed E-state index contributed by atoms with van der Waals surface area (Å²) in [5.74, 6) is -0.820. The molecule has 0 aliphatic carbocycles. The molecule has 0 amide bonds. The summed E-state index contributed by atoms with van der Waals surface area (Å²) in [6.07, 6.45) is 0. The van der Waals surface area contributed by atoms with Crippen molar-refractivity contribution in [3.63, 3.8) is 0 Å². The summed E-state index contributed by atoms with van der Waals surface area (Å²) < 4.78 is 27.9. The van der Waals surface area contributed by atoms with Crippen molar-refractivity contribution in [2.75, 3.05) is 18.1 Å². The molecule has 5 nitrogen and oxygen atoms in total. The van der Waals surface area contributed by atoms with Crippen LogP contribution in [0.3, 0.4) is 0 Å². The fraction of sp³-hybridized carbons (Fsp3) is 0.417. The first-order chi connectivity index (χ1) is 8.74. The largest absolute Gasteiger partial charge is 0.461 e. The van der Waals surface area contributed by atoms with E-state index in [2.05, 4.69) is 0 Å². The van der Waals surface area contributed by atoms with Gasteiger partial charge in [-0.25, -0.2) is 13.2 Å². The maximum absolute atomic E-state index is 11.6. The monoisotopic (exact) mass is 305 g/mol. The highest BCUT2D eigenvalue weighted by Crippen LogP contribution is 2.20. The van der Waals surface area contributed by atoms with E-state index >= 15 is 0 Å². The van der Waals surface area contributed by atoms with Crippen molar-refractivity contribution >= 4 is 33.1 Å². The summed E-state index contributed by atoms with van der Waals surface area (Å²) in [4.78, 5) is 11.6. The lowest BCUT2D eigenvalue weighted by Crippen LogP contribution is -2.22. The number of hydrogen-bond acceptors (Lipinski definition) is 5. The van der Waals surface area contributed by atoms with Gasteiger partial charge in [-0.1, -0.05) is 11.6 Å². The Morgan fingerprint density at radius 2 is 2.05 bits per heavy atom. The number of nitrogens with two attached hydrogens (primary N) is 1. The van der Waals surface area contributed by atoms with Crippen LogP contribution in [0.2, 0.25) is 5.02 Å². The van der Waals surface area contributed by atoms with Crippen molar-refractivity contribution < 1.29 is 17.9 Å². The number of anilines is 1. The van der Waals surface area contributed by atoms with Gasteiger partial charge in [-0.05, 0) is 32.0 Å². The van der Waals surface area contributed by atoms with E-state index in [4.69, 9.17) is 22.1 Å². The molecule has 0 bridgehead atoms. The number of halogens is 1. The van der Waals surface area contributed by atoms with Crippen LogP contribution >= 0.6 is 11.6 Å². The van der Waals surface area contributed by atoms with Crippen LogP contribution in [-0.2, 0) is 14.6 Å². The van der Waals surface area contributed by atoms with Crippen molar-refractivity contribution in [1.82, 2.24) is 0 Å². The molecule has 19 heavy (non-hydrogen) atoms. The Morgan fingerprint density at radius 1 is 1.42 bits per heavy atom. The lowest BCUT2D eigenvalue weighted by molar-refractivity contribution is 0.0529. The predicted octanol–water partition coefficient (Wildman–Crippen LogP) is 1.90. The van der Waals surface area contributed by atoms with Gasteiger partial charge in [0.25, 0.3) is 0 Å². The van der Waals surface area contributed by atoms with Gasteiger partial charge in [-0.2, -0.15) is 0 Å². The zero-order chi connectivity index (χ0) is 14.6. The van der Waals surface area contributed by atoms with Gasteiger partial charge in [0.15, 0.2) is 9.84 Å². The van der Waals surface area contributed by atoms with Gasteiger partial charge in [0.05, 0.1) is 27.3 Å². The van der Waals surface area contributed by atoms with Crippen LogP contribution in [0.5, 0.6) is 0 Å². The van der Waals surface area contributed by atoms with Crippen LogP contribution in [0.15, 0.2) is 18.2 Å². The minimum atomic E-state index is -3.21. The summed E-state index contributed by atoms with van der Waals surface area (Å²) >= 11 is 5.78. The van der Waals surface area contributed by atoms with Crippen molar-refractivity contribution in [2.24, 2.45) is 0 Å². The van der Waals surface area contributed by atoms with Gasteiger partial charge in [0.2, 0.25) is 0 Å². The molecule has 0 aliphatic heterocycles. The Bertz CT molecular complexity index is 569. The number of carbonyl (C=O) groups excluding carboxylic acids is 1. The van der Waals surface area contributed by atoms with Gasteiger partial charge in [-0.15, -0.1) is 0 Å². The van der Waals surface area contributed by atoms with Crippen molar-refractivity contribution in [3.05, 3.63) is 28.8 Å². The second-order valence-electron chi connectivity index (χ2n) is 4.29. The summed E-state index contributed by atoms with van der Waals surface area (Å²) in [7, 11) is -3.21. The second kappa shape index (κ2) is 6.25. The lowest BCUT2D eigenvalue weighted by Gasteiger charge is -2.08. The average molecular weight is 306 g/mol. The molecule has 7 heteroatoms.